The van der Waals surface area contributed by atoms with Gasteiger partial charge in [-0.05, 0) is 31.2 Å². The first-order valence-corrected chi connectivity index (χ1v) is 6.37. The molecule has 0 aromatic heterocycles. The van der Waals surface area contributed by atoms with E-state index in [2.05, 4.69) is 5.32 Å². The van der Waals surface area contributed by atoms with E-state index in [9.17, 15) is 9.18 Å². The monoisotopic (exact) mass is 293 g/mol. The van der Waals surface area contributed by atoms with Crippen LogP contribution in [0.1, 0.15) is 5.56 Å². The fraction of sp³-hybridized carbons (Fsp3) is 0.133. The molecule has 2 rings (SSSR count). The van der Waals surface area contributed by atoms with Crippen molar-refractivity contribution in [3.8, 4) is 5.75 Å². The van der Waals surface area contributed by atoms with Crippen molar-refractivity contribution < 1.29 is 13.9 Å². The lowest BCUT2D eigenvalue weighted by atomic mass is 10.2. The average Bonchev–Trinajstić information content (AvgIpc) is 2.43. The molecule has 20 heavy (non-hydrogen) atoms. The van der Waals surface area contributed by atoms with Gasteiger partial charge in [0.1, 0.15) is 5.75 Å². The quantitative estimate of drug-likeness (QED) is 0.931. The highest BCUT2D eigenvalue weighted by molar-refractivity contribution is 6.31. The van der Waals surface area contributed by atoms with Crippen LogP contribution in [0, 0.1) is 12.7 Å². The van der Waals surface area contributed by atoms with E-state index in [0.717, 1.165) is 5.56 Å². The molecule has 0 spiro atoms. The Morgan fingerprint density at radius 2 is 1.95 bits per heavy atom. The molecule has 5 heteroatoms. The largest absolute Gasteiger partial charge is 0.484 e. The molecule has 0 fully saturated rings. The second kappa shape index (κ2) is 6.39. The number of amides is 1. The number of nitrogens with one attached hydrogen (secondary N) is 1. The molecule has 1 amide bonds. The Hall–Kier alpha value is -2.07. The zero-order valence-corrected chi connectivity index (χ0v) is 11.6. The van der Waals surface area contributed by atoms with Gasteiger partial charge in [0, 0.05) is 0 Å². The first-order valence-electron chi connectivity index (χ1n) is 5.99. The van der Waals surface area contributed by atoms with Crippen molar-refractivity contribution in [3.05, 3.63) is 58.9 Å². The number of aryl methyl sites for hydroxylation is 1. The van der Waals surface area contributed by atoms with Gasteiger partial charge in [0.25, 0.3) is 5.91 Å². The fourth-order valence-electron chi connectivity index (χ4n) is 1.57. The number of hydrogen-bond donors (Lipinski definition) is 1. The Morgan fingerprint density at radius 3 is 2.65 bits per heavy atom. The van der Waals surface area contributed by atoms with E-state index in [1.165, 1.54) is 12.1 Å². The topological polar surface area (TPSA) is 38.3 Å². The highest BCUT2D eigenvalue weighted by Gasteiger charge is 2.10. The maximum absolute atomic E-state index is 13.6. The van der Waals surface area contributed by atoms with Crippen LogP contribution in [0.2, 0.25) is 5.02 Å². The third-order valence-corrected chi connectivity index (χ3v) is 2.91. The van der Waals surface area contributed by atoms with Gasteiger partial charge >= 0.3 is 0 Å². The van der Waals surface area contributed by atoms with Gasteiger partial charge in [-0.15, -0.1) is 0 Å². The summed E-state index contributed by atoms with van der Waals surface area (Å²) in [6.45, 7) is 1.76. The van der Waals surface area contributed by atoms with Crippen molar-refractivity contribution >= 4 is 23.2 Å². The van der Waals surface area contributed by atoms with E-state index in [-0.39, 0.29) is 17.3 Å². The molecule has 0 aliphatic heterocycles. The number of benzene rings is 2. The summed E-state index contributed by atoms with van der Waals surface area (Å²) < 4.78 is 18.9. The summed E-state index contributed by atoms with van der Waals surface area (Å²) >= 11 is 5.63. The molecule has 104 valence electrons. The lowest BCUT2D eigenvalue weighted by Gasteiger charge is -2.09. The van der Waals surface area contributed by atoms with Crippen molar-refractivity contribution in [2.75, 3.05) is 11.9 Å². The number of carbonyl (C=O) groups excluding carboxylic acids is 1. The van der Waals surface area contributed by atoms with Gasteiger partial charge in [0.2, 0.25) is 0 Å². The van der Waals surface area contributed by atoms with Gasteiger partial charge in [-0.3, -0.25) is 4.79 Å². The molecule has 0 aliphatic rings. The first kappa shape index (κ1) is 14.3. The van der Waals surface area contributed by atoms with E-state index in [0.29, 0.717) is 5.75 Å². The number of ether oxygens (including phenoxy) is 1. The maximum Gasteiger partial charge on any atom is 0.262 e. The minimum Gasteiger partial charge on any atom is -0.484 e. The Balaban J connectivity index is 1.92. The summed E-state index contributed by atoms with van der Waals surface area (Å²) in [6, 6.07) is 11.7. The number of carbonyl (C=O) groups is 1. The summed E-state index contributed by atoms with van der Waals surface area (Å²) in [5, 5.41) is 2.37. The first-order chi connectivity index (χ1) is 9.56. The Kier molecular flexibility index (Phi) is 4.58. The zero-order valence-electron chi connectivity index (χ0n) is 10.8. The zero-order chi connectivity index (χ0) is 14.5. The predicted molar refractivity (Wildman–Crippen MR) is 76.7 cm³/mol. The second-order valence-electron chi connectivity index (χ2n) is 4.25. The van der Waals surface area contributed by atoms with Crippen LogP contribution in [-0.2, 0) is 4.79 Å². The predicted octanol–water partition coefficient (Wildman–Crippen LogP) is 3.81. The van der Waals surface area contributed by atoms with Gasteiger partial charge < -0.3 is 10.1 Å². The standard InChI is InChI=1S/C15H13ClFNO2/c1-10-5-7-11(8-6-10)20-9-14(19)18-13-4-2-3-12(16)15(13)17/h2-8H,9H2,1H3,(H,18,19). The fourth-order valence-corrected chi connectivity index (χ4v) is 1.74. The summed E-state index contributed by atoms with van der Waals surface area (Å²) in [5.41, 5.74) is 1.14. The smallest absolute Gasteiger partial charge is 0.262 e. The molecule has 0 bridgehead atoms. The van der Waals surface area contributed by atoms with Crippen LogP contribution < -0.4 is 10.1 Å². The molecule has 2 aromatic carbocycles. The maximum atomic E-state index is 13.6. The van der Waals surface area contributed by atoms with Crippen molar-refractivity contribution in [1.29, 1.82) is 0 Å². The van der Waals surface area contributed by atoms with Crippen molar-refractivity contribution in [2.45, 2.75) is 6.92 Å². The molecule has 0 unspecified atom stereocenters. The summed E-state index contributed by atoms with van der Waals surface area (Å²) in [7, 11) is 0. The highest BCUT2D eigenvalue weighted by atomic mass is 35.5. The van der Waals surface area contributed by atoms with Gasteiger partial charge in [0.15, 0.2) is 12.4 Å². The van der Waals surface area contributed by atoms with Crippen molar-refractivity contribution in [3.63, 3.8) is 0 Å². The van der Waals surface area contributed by atoms with E-state index in [1.54, 1.807) is 18.2 Å². The molecule has 1 N–H and O–H groups in total. The molecule has 0 aliphatic carbocycles. The van der Waals surface area contributed by atoms with Crippen LogP contribution >= 0.6 is 11.6 Å². The van der Waals surface area contributed by atoms with Crippen LogP contribution in [-0.4, -0.2) is 12.5 Å². The SMILES string of the molecule is Cc1ccc(OCC(=O)Nc2cccc(Cl)c2F)cc1. The van der Waals surface area contributed by atoms with Crippen LogP contribution in [0.4, 0.5) is 10.1 Å². The van der Waals surface area contributed by atoms with Crippen LogP contribution in [0.5, 0.6) is 5.75 Å². The number of halogens is 2. The molecular weight excluding hydrogens is 281 g/mol. The highest BCUT2D eigenvalue weighted by Crippen LogP contribution is 2.21. The van der Waals surface area contributed by atoms with Crippen LogP contribution in [0.25, 0.3) is 0 Å². The second-order valence-corrected chi connectivity index (χ2v) is 4.66. The Morgan fingerprint density at radius 1 is 1.25 bits per heavy atom. The Labute approximate surface area is 121 Å². The molecule has 0 radical (unpaired) electrons. The summed E-state index contributed by atoms with van der Waals surface area (Å²) in [6.07, 6.45) is 0. The number of hydrogen-bond acceptors (Lipinski definition) is 2. The molecule has 0 heterocycles. The van der Waals surface area contributed by atoms with Gasteiger partial charge in [-0.1, -0.05) is 35.4 Å². The molecule has 0 atom stereocenters. The average molecular weight is 294 g/mol. The van der Waals surface area contributed by atoms with Gasteiger partial charge in [-0.25, -0.2) is 4.39 Å². The normalized spacial score (nSPS) is 10.2. The third-order valence-electron chi connectivity index (χ3n) is 2.62. The van der Waals surface area contributed by atoms with E-state index in [1.807, 2.05) is 19.1 Å². The molecule has 2 aromatic rings. The minimum absolute atomic E-state index is 0.0370. The minimum atomic E-state index is -0.655. The van der Waals surface area contributed by atoms with Gasteiger partial charge in [0.05, 0.1) is 10.7 Å². The van der Waals surface area contributed by atoms with Gasteiger partial charge in [-0.2, -0.15) is 0 Å². The molecular formula is C15H13ClFNO2. The van der Waals surface area contributed by atoms with Crippen LogP contribution in [0.3, 0.4) is 0 Å². The lowest BCUT2D eigenvalue weighted by molar-refractivity contribution is -0.118. The van der Waals surface area contributed by atoms with E-state index >= 15 is 0 Å². The Bertz CT molecular complexity index is 614. The molecule has 0 saturated heterocycles. The van der Waals surface area contributed by atoms with Crippen LogP contribution in [0.15, 0.2) is 42.5 Å². The summed E-state index contributed by atoms with van der Waals surface area (Å²) in [5.74, 6) is -0.526. The number of anilines is 1. The van der Waals surface area contributed by atoms with Crippen molar-refractivity contribution in [2.24, 2.45) is 0 Å². The number of rotatable bonds is 4. The van der Waals surface area contributed by atoms with E-state index in [4.69, 9.17) is 16.3 Å². The third kappa shape index (κ3) is 3.71. The molecule has 0 saturated carbocycles. The molecule has 3 nitrogen and oxygen atoms in total. The van der Waals surface area contributed by atoms with Crippen molar-refractivity contribution in [1.82, 2.24) is 0 Å². The van der Waals surface area contributed by atoms with E-state index < -0.39 is 11.7 Å². The summed E-state index contributed by atoms with van der Waals surface area (Å²) in [4.78, 5) is 11.7. The lowest BCUT2D eigenvalue weighted by Crippen LogP contribution is -2.20.